The number of allylic oxidation sites excluding steroid dienone is 4. The molecule has 0 amide bonds. The third-order valence-electron chi connectivity index (χ3n) is 6.16. The molecule has 0 radical (unpaired) electrons. The van der Waals surface area contributed by atoms with Gasteiger partial charge in [0.05, 0.1) is 0 Å². The van der Waals surface area contributed by atoms with Crippen molar-refractivity contribution in [1.29, 1.82) is 0 Å². The second-order valence-electron chi connectivity index (χ2n) is 9.20. The van der Waals surface area contributed by atoms with E-state index >= 15 is 0 Å². The summed E-state index contributed by atoms with van der Waals surface area (Å²) >= 11 is -2.05. The summed E-state index contributed by atoms with van der Waals surface area (Å²) in [5, 5.41) is 0. The first-order valence-electron chi connectivity index (χ1n) is 10.1. The Bertz CT molecular complexity index is 969. The van der Waals surface area contributed by atoms with Crippen molar-refractivity contribution in [2.75, 3.05) is 0 Å². The molecule has 2 aliphatic rings. The Kier molecular flexibility index (Phi) is 7.76. The predicted octanol–water partition coefficient (Wildman–Crippen LogP) is 1.25. The fourth-order valence-electron chi connectivity index (χ4n) is 5.08. The Hall–Kier alpha value is -0.747. The van der Waals surface area contributed by atoms with Gasteiger partial charge in [-0.3, -0.25) is 0 Å². The fourth-order valence-corrected chi connectivity index (χ4v) is 13.7. The summed E-state index contributed by atoms with van der Waals surface area (Å²) in [6.45, 7) is 14.3. The van der Waals surface area contributed by atoms with E-state index in [1.807, 2.05) is 3.28 Å². The van der Waals surface area contributed by atoms with E-state index < -0.39 is 21.3 Å². The number of hydrogen-bond acceptors (Lipinski definition) is 0. The molecule has 4 rings (SSSR count). The van der Waals surface area contributed by atoms with Crippen molar-refractivity contribution in [3.8, 4) is 11.1 Å². The number of fused-ring (bicyclic) bond motifs is 3. The molecule has 0 saturated heterocycles. The van der Waals surface area contributed by atoms with Gasteiger partial charge < -0.3 is 24.8 Å². The van der Waals surface area contributed by atoms with E-state index in [4.69, 9.17) is 0 Å². The molecule has 29 heavy (non-hydrogen) atoms. The van der Waals surface area contributed by atoms with Crippen molar-refractivity contribution in [2.24, 2.45) is 5.41 Å². The molecule has 0 fully saturated rings. The van der Waals surface area contributed by atoms with Crippen LogP contribution in [0.4, 0.5) is 0 Å². The molecule has 2 aliphatic carbocycles. The zero-order valence-corrected chi connectivity index (χ0v) is 22.2. The summed E-state index contributed by atoms with van der Waals surface area (Å²) in [5.74, 6) is 0. The van der Waals surface area contributed by atoms with Gasteiger partial charge in [0.25, 0.3) is 0 Å². The fraction of sp³-hybridized carbons (Fsp3) is 0.346. The molecule has 152 valence electrons. The second kappa shape index (κ2) is 9.17. The molecule has 2 aromatic rings. The van der Waals surface area contributed by atoms with E-state index in [0.717, 1.165) is 0 Å². The summed E-state index contributed by atoms with van der Waals surface area (Å²) < 4.78 is 4.16. The third kappa shape index (κ3) is 4.21. The van der Waals surface area contributed by atoms with Gasteiger partial charge in [-0.1, -0.05) is 0 Å². The minimum Gasteiger partial charge on any atom is -1.00 e. The number of hydrogen-bond donors (Lipinski definition) is 0. The first-order chi connectivity index (χ1) is 12.8. The van der Waals surface area contributed by atoms with Gasteiger partial charge in [0.2, 0.25) is 0 Å². The maximum Gasteiger partial charge on any atom is -1.00 e. The van der Waals surface area contributed by atoms with E-state index in [9.17, 15) is 0 Å². The molecule has 0 bridgehead atoms. The quantitative estimate of drug-likeness (QED) is 0.578. The van der Waals surface area contributed by atoms with Crippen molar-refractivity contribution in [1.82, 2.24) is 0 Å². The van der Waals surface area contributed by atoms with Crippen LogP contribution in [0.15, 0.2) is 69.0 Å². The van der Waals surface area contributed by atoms with Crippen molar-refractivity contribution in [3.63, 3.8) is 0 Å². The molecule has 0 unspecified atom stereocenters. The van der Waals surface area contributed by atoms with Crippen LogP contribution in [0.5, 0.6) is 0 Å². The molecule has 0 N–H and O–H groups in total. The first kappa shape index (κ1) is 24.5. The Morgan fingerprint density at radius 1 is 0.862 bits per heavy atom. The second-order valence-corrected chi connectivity index (χ2v) is 16.6. The monoisotopic (exact) mass is 502 g/mol. The standard InChI is InChI=1S/C13H9.C10H15.C3H6.2ClH.Zr/c1-3-7-12-10(5-1)9-11-6-2-4-8-13(11)12;1-8-6-5-7-9(8)10(2,3)4;1-3-2;;;/h1-9H;7H,5H2,1-4H3;1-2H3;2*1H;/q;;;;;+2/p-2. The smallest absolute Gasteiger partial charge is 1.00 e. The molecule has 0 heterocycles. The van der Waals surface area contributed by atoms with Gasteiger partial charge in [-0.15, -0.1) is 0 Å². The van der Waals surface area contributed by atoms with E-state index in [2.05, 4.69) is 96.1 Å². The topological polar surface area (TPSA) is 0 Å². The van der Waals surface area contributed by atoms with Gasteiger partial charge in [0.1, 0.15) is 0 Å². The normalized spacial score (nSPS) is 14.9. The summed E-state index contributed by atoms with van der Waals surface area (Å²) in [6, 6.07) is 18.3. The summed E-state index contributed by atoms with van der Waals surface area (Å²) in [7, 11) is 0. The average molecular weight is 505 g/mol. The van der Waals surface area contributed by atoms with Crippen LogP contribution < -0.4 is 24.8 Å². The van der Waals surface area contributed by atoms with Gasteiger partial charge in [0, 0.05) is 0 Å². The maximum atomic E-state index is 2.53. The third-order valence-corrected chi connectivity index (χ3v) is 14.8. The van der Waals surface area contributed by atoms with E-state index in [-0.39, 0.29) is 30.2 Å². The summed E-state index contributed by atoms with van der Waals surface area (Å²) in [6.07, 6.45) is 3.71. The molecular weight excluding hydrogens is 474 g/mol. The number of rotatable bonds is 2. The van der Waals surface area contributed by atoms with Crippen LogP contribution in [0, 0.1) is 5.41 Å². The molecule has 3 heteroatoms. The van der Waals surface area contributed by atoms with E-state index in [1.165, 1.54) is 17.5 Å². The number of benzene rings is 2. The van der Waals surface area contributed by atoms with Crippen LogP contribution in [-0.2, 0) is 21.3 Å². The largest absolute Gasteiger partial charge is 1.00 e. The van der Waals surface area contributed by atoms with Crippen molar-refractivity contribution in [2.45, 2.75) is 51.6 Å². The van der Waals surface area contributed by atoms with Crippen LogP contribution >= 0.6 is 0 Å². The van der Waals surface area contributed by atoms with E-state index in [1.54, 1.807) is 25.5 Å². The van der Waals surface area contributed by atoms with E-state index in [0.29, 0.717) is 3.63 Å². The van der Waals surface area contributed by atoms with Crippen LogP contribution in [0.3, 0.4) is 0 Å². The van der Waals surface area contributed by atoms with Crippen molar-refractivity contribution in [3.05, 3.63) is 80.2 Å². The Morgan fingerprint density at radius 3 is 1.76 bits per heavy atom. The average Bonchev–Trinajstić information content (AvgIpc) is 3.15. The number of halogens is 2. The SMILES string of the molecule is CC1=[C]([Zr+2](=[C](C)C)[CH]2c3ccccc3-c3ccccc32)CC=C1C(C)(C)C.[Cl-].[Cl-]. The van der Waals surface area contributed by atoms with Crippen LogP contribution in [0.25, 0.3) is 11.1 Å². The van der Waals surface area contributed by atoms with Crippen LogP contribution in [-0.4, -0.2) is 3.21 Å². The van der Waals surface area contributed by atoms with Crippen LogP contribution in [0.2, 0.25) is 0 Å². The Morgan fingerprint density at radius 2 is 1.34 bits per heavy atom. The Balaban J connectivity index is 0.00000150. The zero-order chi connectivity index (χ0) is 19.3. The van der Waals surface area contributed by atoms with Crippen LogP contribution in [0.1, 0.15) is 62.7 Å². The maximum absolute atomic E-state index is 2.53. The molecule has 0 spiro atoms. The molecule has 0 atom stereocenters. The molecular formula is C26H30Cl2Zr. The van der Waals surface area contributed by atoms with Gasteiger partial charge in [-0.2, -0.15) is 0 Å². The summed E-state index contributed by atoms with van der Waals surface area (Å²) in [5.41, 5.74) is 9.54. The zero-order valence-electron chi connectivity index (χ0n) is 18.2. The van der Waals surface area contributed by atoms with Gasteiger partial charge in [-0.25, -0.2) is 0 Å². The molecule has 0 aliphatic heterocycles. The molecule has 0 saturated carbocycles. The Labute approximate surface area is 196 Å². The minimum atomic E-state index is -2.05. The van der Waals surface area contributed by atoms with Gasteiger partial charge in [0.15, 0.2) is 0 Å². The van der Waals surface area contributed by atoms with Crippen molar-refractivity contribution < 1.29 is 46.1 Å². The minimum absolute atomic E-state index is 0. The molecule has 2 aromatic carbocycles. The van der Waals surface area contributed by atoms with Gasteiger partial charge >= 0.3 is 173 Å². The summed E-state index contributed by atoms with van der Waals surface area (Å²) in [4.78, 5) is 0. The first-order valence-corrected chi connectivity index (χ1v) is 13.9. The van der Waals surface area contributed by atoms with Gasteiger partial charge in [-0.05, 0) is 0 Å². The van der Waals surface area contributed by atoms with Crippen molar-refractivity contribution >= 4 is 3.21 Å². The molecule has 0 nitrogen and oxygen atoms in total. The predicted molar refractivity (Wildman–Crippen MR) is 115 cm³/mol. The molecule has 0 aromatic heterocycles.